The topological polar surface area (TPSA) is 91.4 Å². The van der Waals surface area contributed by atoms with Gasteiger partial charge < -0.3 is 20.7 Å². The second kappa shape index (κ2) is 9.29. The average molecular weight is 370 g/mol. The Labute approximate surface area is 159 Å². The minimum atomic E-state index is -0.0880. The molecule has 1 aromatic heterocycles. The van der Waals surface area contributed by atoms with Crippen LogP contribution in [0, 0.1) is 6.92 Å². The van der Waals surface area contributed by atoms with Crippen LogP contribution in [-0.2, 0) is 9.53 Å². The molecular formula is C19H26N6O2. The normalized spacial score (nSPS) is 14.6. The molecule has 0 aliphatic carbocycles. The number of morpholine rings is 1. The fraction of sp³-hybridized carbons (Fsp3) is 0.421. The maximum absolute atomic E-state index is 11.1. The first-order valence-corrected chi connectivity index (χ1v) is 9.13. The molecule has 0 saturated carbocycles. The van der Waals surface area contributed by atoms with E-state index in [0.29, 0.717) is 5.95 Å². The Morgan fingerprint density at radius 2 is 1.85 bits per heavy atom. The molecule has 2 heterocycles. The van der Waals surface area contributed by atoms with E-state index in [9.17, 15) is 4.79 Å². The lowest BCUT2D eigenvalue weighted by Crippen LogP contribution is -2.39. The number of ether oxygens (including phenoxy) is 1. The van der Waals surface area contributed by atoms with E-state index in [-0.39, 0.29) is 5.91 Å². The van der Waals surface area contributed by atoms with Crippen molar-refractivity contribution in [1.29, 1.82) is 0 Å². The van der Waals surface area contributed by atoms with Crippen molar-refractivity contribution in [3.63, 3.8) is 0 Å². The highest BCUT2D eigenvalue weighted by Gasteiger charge is 2.10. The summed E-state index contributed by atoms with van der Waals surface area (Å²) in [5.74, 6) is 1.25. The summed E-state index contributed by atoms with van der Waals surface area (Å²) in [7, 11) is 0. The molecule has 8 heteroatoms. The van der Waals surface area contributed by atoms with E-state index in [2.05, 4.69) is 30.8 Å². The van der Waals surface area contributed by atoms with Gasteiger partial charge in [-0.3, -0.25) is 9.69 Å². The molecule has 1 amide bonds. The van der Waals surface area contributed by atoms with Gasteiger partial charge in [0.05, 0.1) is 13.2 Å². The zero-order valence-corrected chi connectivity index (χ0v) is 15.8. The van der Waals surface area contributed by atoms with Crippen molar-refractivity contribution in [3.05, 3.63) is 36.0 Å². The minimum Gasteiger partial charge on any atom is -0.379 e. The number of carbonyl (C=O) groups is 1. The smallest absolute Gasteiger partial charge is 0.224 e. The minimum absolute atomic E-state index is 0.0880. The van der Waals surface area contributed by atoms with Crippen LogP contribution in [0.1, 0.15) is 12.6 Å². The summed E-state index contributed by atoms with van der Waals surface area (Å²) >= 11 is 0. The number of anilines is 4. The number of carbonyl (C=O) groups excluding carboxylic acids is 1. The predicted octanol–water partition coefficient (Wildman–Crippen LogP) is 2.23. The maximum atomic E-state index is 11.1. The van der Waals surface area contributed by atoms with Gasteiger partial charge in [-0.2, -0.15) is 4.98 Å². The highest BCUT2D eigenvalue weighted by Crippen LogP contribution is 2.19. The molecule has 1 saturated heterocycles. The number of benzene rings is 1. The Morgan fingerprint density at radius 1 is 1.15 bits per heavy atom. The van der Waals surface area contributed by atoms with E-state index in [1.54, 1.807) is 0 Å². The van der Waals surface area contributed by atoms with Crippen molar-refractivity contribution in [2.24, 2.45) is 0 Å². The van der Waals surface area contributed by atoms with Crippen LogP contribution in [0.2, 0.25) is 0 Å². The standard InChI is InChI=1S/C19H26N6O2/c1-14-13-18(23-17-5-3-16(4-6-17)22-15(2)26)24-19(21-14)20-7-8-25-9-11-27-12-10-25/h3-6,13H,7-12H2,1-2H3,(H,22,26)(H2,20,21,23,24). The van der Waals surface area contributed by atoms with Crippen LogP contribution in [0.4, 0.5) is 23.1 Å². The maximum Gasteiger partial charge on any atom is 0.224 e. The fourth-order valence-electron chi connectivity index (χ4n) is 2.85. The van der Waals surface area contributed by atoms with Gasteiger partial charge in [0.2, 0.25) is 11.9 Å². The van der Waals surface area contributed by atoms with Gasteiger partial charge in [-0.25, -0.2) is 4.98 Å². The molecule has 3 N–H and O–H groups in total. The quantitative estimate of drug-likeness (QED) is 0.688. The Balaban J connectivity index is 1.56. The second-order valence-corrected chi connectivity index (χ2v) is 6.48. The summed E-state index contributed by atoms with van der Waals surface area (Å²) in [6, 6.07) is 9.38. The van der Waals surface area contributed by atoms with E-state index in [4.69, 9.17) is 4.74 Å². The van der Waals surface area contributed by atoms with Gasteiger partial charge in [-0.15, -0.1) is 0 Å². The molecule has 0 atom stereocenters. The van der Waals surface area contributed by atoms with Gasteiger partial charge in [-0.05, 0) is 31.2 Å². The van der Waals surface area contributed by atoms with Gasteiger partial charge >= 0.3 is 0 Å². The third-order valence-corrected chi connectivity index (χ3v) is 4.15. The SMILES string of the molecule is CC(=O)Nc1ccc(Nc2cc(C)nc(NCCN3CCOCC3)n2)cc1. The molecule has 0 bridgehead atoms. The van der Waals surface area contributed by atoms with Crippen LogP contribution in [-0.4, -0.2) is 60.2 Å². The van der Waals surface area contributed by atoms with Crippen molar-refractivity contribution in [2.75, 3.05) is 55.3 Å². The Bertz CT molecular complexity index is 759. The second-order valence-electron chi connectivity index (χ2n) is 6.48. The summed E-state index contributed by atoms with van der Waals surface area (Å²) in [6.07, 6.45) is 0. The van der Waals surface area contributed by atoms with Crippen LogP contribution in [0.5, 0.6) is 0 Å². The van der Waals surface area contributed by atoms with E-state index in [1.807, 2.05) is 37.3 Å². The largest absolute Gasteiger partial charge is 0.379 e. The van der Waals surface area contributed by atoms with Crippen molar-refractivity contribution in [3.8, 4) is 0 Å². The number of aromatic nitrogens is 2. The van der Waals surface area contributed by atoms with Gasteiger partial charge in [0.1, 0.15) is 5.82 Å². The van der Waals surface area contributed by atoms with Crippen molar-refractivity contribution >= 4 is 29.0 Å². The third kappa shape index (κ3) is 6.19. The molecule has 27 heavy (non-hydrogen) atoms. The van der Waals surface area contributed by atoms with Gasteiger partial charge in [0, 0.05) is 56.2 Å². The first kappa shape index (κ1) is 19.1. The zero-order valence-electron chi connectivity index (χ0n) is 15.8. The highest BCUT2D eigenvalue weighted by molar-refractivity contribution is 5.88. The summed E-state index contributed by atoms with van der Waals surface area (Å²) < 4.78 is 5.36. The molecule has 1 fully saturated rings. The average Bonchev–Trinajstić information content (AvgIpc) is 2.63. The lowest BCUT2D eigenvalue weighted by Gasteiger charge is -2.26. The molecule has 0 spiro atoms. The number of hydrogen-bond donors (Lipinski definition) is 3. The molecular weight excluding hydrogens is 344 g/mol. The molecule has 0 unspecified atom stereocenters. The fourth-order valence-corrected chi connectivity index (χ4v) is 2.85. The number of rotatable bonds is 7. The van der Waals surface area contributed by atoms with Gasteiger partial charge in [0.25, 0.3) is 0 Å². The van der Waals surface area contributed by atoms with Crippen LogP contribution in [0.15, 0.2) is 30.3 Å². The number of aryl methyl sites for hydroxylation is 1. The highest BCUT2D eigenvalue weighted by atomic mass is 16.5. The molecule has 144 valence electrons. The van der Waals surface area contributed by atoms with E-state index in [1.165, 1.54) is 6.92 Å². The molecule has 1 aliphatic heterocycles. The van der Waals surface area contributed by atoms with Crippen LogP contribution in [0.25, 0.3) is 0 Å². The summed E-state index contributed by atoms with van der Waals surface area (Å²) in [5.41, 5.74) is 2.54. The number of nitrogens with zero attached hydrogens (tertiary/aromatic N) is 3. The molecule has 3 rings (SSSR count). The molecule has 1 aromatic carbocycles. The number of amides is 1. The molecule has 8 nitrogen and oxygen atoms in total. The van der Waals surface area contributed by atoms with Crippen molar-refractivity contribution in [2.45, 2.75) is 13.8 Å². The molecule has 2 aromatic rings. The third-order valence-electron chi connectivity index (χ3n) is 4.15. The van der Waals surface area contributed by atoms with Crippen molar-refractivity contribution < 1.29 is 9.53 Å². The first-order chi connectivity index (χ1) is 13.1. The van der Waals surface area contributed by atoms with Crippen LogP contribution in [0.3, 0.4) is 0 Å². The first-order valence-electron chi connectivity index (χ1n) is 9.13. The Hall–Kier alpha value is -2.71. The Kier molecular flexibility index (Phi) is 6.56. The molecule has 1 aliphatic rings. The predicted molar refractivity (Wildman–Crippen MR) is 107 cm³/mol. The van der Waals surface area contributed by atoms with E-state index >= 15 is 0 Å². The Morgan fingerprint density at radius 3 is 2.56 bits per heavy atom. The lowest BCUT2D eigenvalue weighted by molar-refractivity contribution is -0.114. The lowest BCUT2D eigenvalue weighted by atomic mass is 10.2. The van der Waals surface area contributed by atoms with E-state index < -0.39 is 0 Å². The van der Waals surface area contributed by atoms with Gasteiger partial charge in [-0.1, -0.05) is 0 Å². The molecule has 0 radical (unpaired) electrons. The summed E-state index contributed by atoms with van der Waals surface area (Å²) in [5, 5.41) is 9.32. The summed E-state index contributed by atoms with van der Waals surface area (Å²) in [6.45, 7) is 8.70. The van der Waals surface area contributed by atoms with Crippen molar-refractivity contribution in [1.82, 2.24) is 14.9 Å². The van der Waals surface area contributed by atoms with E-state index in [0.717, 1.165) is 62.3 Å². The zero-order chi connectivity index (χ0) is 19.1. The van der Waals surface area contributed by atoms with Crippen LogP contribution >= 0.6 is 0 Å². The monoisotopic (exact) mass is 370 g/mol. The summed E-state index contributed by atoms with van der Waals surface area (Å²) in [4.78, 5) is 22.4. The van der Waals surface area contributed by atoms with Gasteiger partial charge in [0.15, 0.2) is 0 Å². The van der Waals surface area contributed by atoms with Crippen LogP contribution < -0.4 is 16.0 Å². The number of hydrogen-bond acceptors (Lipinski definition) is 7. The number of nitrogens with one attached hydrogen (secondary N) is 3.